The van der Waals surface area contributed by atoms with Crippen molar-refractivity contribution in [2.75, 3.05) is 45.4 Å². The Morgan fingerprint density at radius 2 is 1.94 bits per heavy atom. The van der Waals surface area contributed by atoms with Crippen molar-refractivity contribution in [3.63, 3.8) is 0 Å². The number of ether oxygens (including phenoxy) is 3. The van der Waals surface area contributed by atoms with Crippen molar-refractivity contribution in [1.82, 2.24) is 4.90 Å². The van der Waals surface area contributed by atoms with E-state index in [-0.39, 0.29) is 31.4 Å². The second-order valence-electron chi connectivity index (χ2n) is 7.51. The predicted molar refractivity (Wildman–Crippen MR) is 120 cm³/mol. The van der Waals surface area contributed by atoms with Crippen LogP contribution in [-0.2, 0) is 25.5 Å². The van der Waals surface area contributed by atoms with Crippen LogP contribution in [0.2, 0.25) is 0 Å². The molecule has 0 saturated carbocycles. The van der Waals surface area contributed by atoms with Crippen LogP contribution in [0.25, 0.3) is 0 Å². The van der Waals surface area contributed by atoms with Crippen molar-refractivity contribution in [3.8, 4) is 5.75 Å². The van der Waals surface area contributed by atoms with Gasteiger partial charge in [-0.05, 0) is 42.3 Å². The lowest BCUT2D eigenvalue weighted by Gasteiger charge is -2.38. The number of hydrogen-bond donors (Lipinski definition) is 2. The summed E-state index contributed by atoms with van der Waals surface area (Å²) in [6.45, 7) is 3.53. The fourth-order valence-electron chi connectivity index (χ4n) is 3.60. The van der Waals surface area contributed by atoms with E-state index < -0.39 is 12.1 Å². The Hall–Kier alpha value is -2.94. The number of nitrogens with one attached hydrogen (secondary N) is 1. The number of morpholine rings is 1. The zero-order valence-corrected chi connectivity index (χ0v) is 18.5. The topological polar surface area (TPSA) is 97.3 Å². The van der Waals surface area contributed by atoms with E-state index in [9.17, 15) is 14.7 Å². The molecule has 32 heavy (non-hydrogen) atoms. The first kappa shape index (κ1) is 23.7. The van der Waals surface area contributed by atoms with Crippen LogP contribution >= 0.6 is 0 Å². The summed E-state index contributed by atoms with van der Waals surface area (Å²) in [5.41, 5.74) is 2.15. The first-order valence-corrected chi connectivity index (χ1v) is 10.7. The highest BCUT2D eigenvalue weighted by atomic mass is 16.5. The zero-order valence-electron chi connectivity index (χ0n) is 18.5. The van der Waals surface area contributed by atoms with Gasteiger partial charge in [0.25, 0.3) is 0 Å². The van der Waals surface area contributed by atoms with Crippen molar-refractivity contribution in [1.29, 1.82) is 0 Å². The molecule has 0 bridgehead atoms. The normalized spacial score (nSPS) is 17.2. The van der Waals surface area contributed by atoms with Crippen LogP contribution in [0.3, 0.4) is 0 Å². The Labute approximate surface area is 188 Å². The Bertz CT molecular complexity index is 884. The number of anilines is 1. The number of amides is 2. The molecule has 0 spiro atoms. The third-order valence-electron chi connectivity index (χ3n) is 5.34. The maximum Gasteiger partial charge on any atom is 0.249 e. The van der Waals surface area contributed by atoms with Gasteiger partial charge in [0.05, 0.1) is 32.8 Å². The Balaban J connectivity index is 1.59. The maximum atomic E-state index is 12.3. The highest BCUT2D eigenvalue weighted by Gasteiger charge is 2.34. The summed E-state index contributed by atoms with van der Waals surface area (Å²) in [7, 11) is 1.60. The minimum Gasteiger partial charge on any atom is -0.497 e. The Morgan fingerprint density at radius 3 is 2.59 bits per heavy atom. The second-order valence-corrected chi connectivity index (χ2v) is 7.51. The fraction of sp³-hybridized carbons (Fsp3) is 0.417. The summed E-state index contributed by atoms with van der Waals surface area (Å²) >= 11 is 0. The van der Waals surface area contributed by atoms with E-state index in [2.05, 4.69) is 5.32 Å². The molecule has 2 aromatic carbocycles. The SMILES string of the molecule is CCOCCN1C(=O)COCC1C(O)c1ccc(NC(=O)Cc2ccc(OC)cc2)cc1. The summed E-state index contributed by atoms with van der Waals surface area (Å²) in [4.78, 5) is 26.2. The molecule has 3 rings (SSSR count). The van der Waals surface area contributed by atoms with Crippen LogP contribution in [0.1, 0.15) is 24.2 Å². The lowest BCUT2D eigenvalue weighted by atomic mass is 10.00. The van der Waals surface area contributed by atoms with Crippen LogP contribution in [0.15, 0.2) is 48.5 Å². The summed E-state index contributed by atoms with van der Waals surface area (Å²) < 4.78 is 15.9. The van der Waals surface area contributed by atoms with Crippen molar-refractivity contribution < 1.29 is 28.9 Å². The molecule has 2 atom stereocenters. The van der Waals surface area contributed by atoms with Crippen LogP contribution in [-0.4, -0.2) is 67.9 Å². The van der Waals surface area contributed by atoms with Gasteiger partial charge in [-0.25, -0.2) is 0 Å². The highest BCUT2D eigenvalue weighted by Crippen LogP contribution is 2.25. The third-order valence-corrected chi connectivity index (χ3v) is 5.34. The molecule has 172 valence electrons. The van der Waals surface area contributed by atoms with Gasteiger partial charge in [0, 0.05) is 18.8 Å². The lowest BCUT2D eigenvalue weighted by Crippen LogP contribution is -2.53. The number of hydrogen-bond acceptors (Lipinski definition) is 6. The lowest BCUT2D eigenvalue weighted by molar-refractivity contribution is -0.155. The van der Waals surface area contributed by atoms with Gasteiger partial charge in [0.1, 0.15) is 18.5 Å². The minimum atomic E-state index is -0.912. The van der Waals surface area contributed by atoms with E-state index in [0.717, 1.165) is 11.3 Å². The average Bonchev–Trinajstić information content (AvgIpc) is 2.80. The van der Waals surface area contributed by atoms with Gasteiger partial charge in [-0.1, -0.05) is 24.3 Å². The smallest absolute Gasteiger partial charge is 0.249 e. The van der Waals surface area contributed by atoms with Crippen LogP contribution in [0, 0.1) is 0 Å². The van der Waals surface area contributed by atoms with Crippen LogP contribution in [0.4, 0.5) is 5.69 Å². The van der Waals surface area contributed by atoms with Gasteiger partial charge in [0.2, 0.25) is 11.8 Å². The fourth-order valence-corrected chi connectivity index (χ4v) is 3.60. The number of benzene rings is 2. The summed E-state index contributed by atoms with van der Waals surface area (Å²) in [5, 5.41) is 13.7. The molecule has 8 heteroatoms. The van der Waals surface area contributed by atoms with Crippen molar-refractivity contribution >= 4 is 17.5 Å². The average molecular weight is 443 g/mol. The van der Waals surface area contributed by atoms with E-state index in [0.29, 0.717) is 31.0 Å². The van der Waals surface area contributed by atoms with Gasteiger partial charge in [-0.2, -0.15) is 0 Å². The van der Waals surface area contributed by atoms with Crippen LogP contribution in [0.5, 0.6) is 5.75 Å². The van der Waals surface area contributed by atoms with Crippen LogP contribution < -0.4 is 10.1 Å². The quantitative estimate of drug-likeness (QED) is 0.548. The van der Waals surface area contributed by atoms with Gasteiger partial charge in [-0.3, -0.25) is 9.59 Å². The van der Waals surface area contributed by atoms with Crippen molar-refractivity contribution in [2.45, 2.75) is 25.5 Å². The van der Waals surface area contributed by atoms with E-state index in [4.69, 9.17) is 14.2 Å². The number of aliphatic hydroxyl groups excluding tert-OH is 1. The molecule has 2 N–H and O–H groups in total. The standard InChI is InChI=1S/C24H30N2O6/c1-3-31-13-12-26-21(15-32-16-23(26)28)24(29)18-6-8-19(9-7-18)25-22(27)14-17-4-10-20(30-2)11-5-17/h4-11,21,24,29H,3,12-16H2,1-2H3,(H,25,27). The molecule has 2 aromatic rings. The van der Waals surface area contributed by atoms with E-state index in [1.165, 1.54) is 0 Å². The predicted octanol–water partition coefficient (Wildman–Crippen LogP) is 2.17. The van der Waals surface area contributed by atoms with Gasteiger partial charge in [-0.15, -0.1) is 0 Å². The molecule has 1 heterocycles. The largest absolute Gasteiger partial charge is 0.497 e. The number of nitrogens with zero attached hydrogens (tertiary/aromatic N) is 1. The molecule has 0 radical (unpaired) electrons. The maximum absolute atomic E-state index is 12.3. The van der Waals surface area contributed by atoms with E-state index in [1.807, 2.05) is 31.2 Å². The summed E-state index contributed by atoms with van der Waals surface area (Å²) in [6.07, 6.45) is -0.671. The molecule has 1 aliphatic heterocycles. The third kappa shape index (κ3) is 6.29. The van der Waals surface area contributed by atoms with Crippen molar-refractivity contribution in [2.24, 2.45) is 0 Å². The molecule has 2 amide bonds. The molecule has 1 saturated heterocycles. The number of rotatable bonds is 10. The van der Waals surface area contributed by atoms with Gasteiger partial charge < -0.3 is 29.5 Å². The van der Waals surface area contributed by atoms with Gasteiger partial charge >= 0.3 is 0 Å². The Morgan fingerprint density at radius 1 is 1.22 bits per heavy atom. The number of methoxy groups -OCH3 is 1. The molecule has 2 unspecified atom stereocenters. The second kappa shape index (κ2) is 11.6. The molecular formula is C24H30N2O6. The molecule has 0 aliphatic carbocycles. The van der Waals surface area contributed by atoms with Crippen molar-refractivity contribution in [3.05, 3.63) is 59.7 Å². The molecule has 1 fully saturated rings. The monoisotopic (exact) mass is 442 g/mol. The minimum absolute atomic E-state index is 0.00844. The Kier molecular flexibility index (Phi) is 8.61. The van der Waals surface area contributed by atoms with E-state index in [1.54, 1.807) is 36.3 Å². The molecule has 8 nitrogen and oxygen atoms in total. The first-order valence-electron chi connectivity index (χ1n) is 10.7. The number of carbonyl (C=O) groups excluding carboxylic acids is 2. The number of carbonyl (C=O) groups is 2. The summed E-state index contributed by atoms with van der Waals surface area (Å²) in [6, 6.07) is 13.8. The summed E-state index contributed by atoms with van der Waals surface area (Å²) in [5.74, 6) is 0.434. The molecule has 0 aromatic heterocycles. The highest BCUT2D eigenvalue weighted by molar-refractivity contribution is 5.92. The molecular weight excluding hydrogens is 412 g/mol. The number of aliphatic hydroxyl groups is 1. The zero-order chi connectivity index (χ0) is 22.9. The van der Waals surface area contributed by atoms with Gasteiger partial charge in [0.15, 0.2) is 0 Å². The molecule has 1 aliphatic rings. The first-order chi connectivity index (χ1) is 15.5. The van der Waals surface area contributed by atoms with E-state index >= 15 is 0 Å².